The van der Waals surface area contributed by atoms with Crippen molar-refractivity contribution in [1.82, 2.24) is 0 Å². The number of likely N-dealkylation sites (N-methyl/N-ethyl adjacent to an activating group) is 1. The average molecular weight is 293 g/mol. The Hall–Kier alpha value is -1.59. The number of benzene rings is 1. The van der Waals surface area contributed by atoms with E-state index in [1.165, 1.54) is 0 Å². The maximum atomic E-state index is 11.9. The Morgan fingerprint density at radius 3 is 2.43 bits per heavy atom. The predicted octanol–water partition coefficient (Wildman–Crippen LogP) is 1.82. The number of nitrogens with zero attached hydrogens (tertiary/aromatic N) is 1. The van der Waals surface area contributed by atoms with Crippen LogP contribution in [0.1, 0.15) is 27.2 Å². The molecule has 0 spiro atoms. The van der Waals surface area contributed by atoms with Crippen LogP contribution in [0.15, 0.2) is 24.3 Å². The van der Waals surface area contributed by atoms with Crippen LogP contribution in [0.5, 0.6) is 0 Å². The minimum atomic E-state index is -0.480. The van der Waals surface area contributed by atoms with Crippen molar-refractivity contribution in [1.29, 1.82) is 0 Å². The van der Waals surface area contributed by atoms with Crippen molar-refractivity contribution >= 4 is 17.3 Å². The predicted molar refractivity (Wildman–Crippen MR) is 87.5 cm³/mol. The van der Waals surface area contributed by atoms with Crippen LogP contribution in [-0.4, -0.2) is 36.8 Å². The molecule has 0 unspecified atom stereocenters. The van der Waals surface area contributed by atoms with E-state index in [0.717, 1.165) is 17.9 Å². The first-order chi connectivity index (χ1) is 9.97. The van der Waals surface area contributed by atoms with Crippen LogP contribution in [0, 0.1) is 5.92 Å². The first-order valence-electron chi connectivity index (χ1n) is 7.50. The first kappa shape index (κ1) is 17.5. The molecule has 5 nitrogen and oxygen atoms in total. The van der Waals surface area contributed by atoms with Crippen LogP contribution >= 0.6 is 0 Å². The van der Waals surface area contributed by atoms with E-state index in [0.29, 0.717) is 18.9 Å². The van der Waals surface area contributed by atoms with Gasteiger partial charge in [-0.1, -0.05) is 13.8 Å². The van der Waals surface area contributed by atoms with E-state index in [1.54, 1.807) is 0 Å². The molecule has 0 bridgehead atoms. The number of nitrogens with two attached hydrogens (primary N) is 1. The molecule has 1 aromatic carbocycles. The molecule has 0 aromatic heterocycles. The number of nitrogens with one attached hydrogen (secondary N) is 1. The fraction of sp³-hybridized carbons (Fsp3) is 0.562. The zero-order valence-electron chi connectivity index (χ0n) is 13.2. The molecule has 1 amide bonds. The molecule has 1 rings (SSSR count). The lowest BCUT2D eigenvalue weighted by atomic mass is 10.0. The highest BCUT2D eigenvalue weighted by Gasteiger charge is 2.15. The van der Waals surface area contributed by atoms with E-state index in [2.05, 4.69) is 10.2 Å². The van der Waals surface area contributed by atoms with Crippen molar-refractivity contribution in [3.8, 4) is 0 Å². The number of anilines is 2. The summed E-state index contributed by atoms with van der Waals surface area (Å²) in [6.07, 6.45) is 0.671. The highest BCUT2D eigenvalue weighted by Crippen LogP contribution is 2.18. The third kappa shape index (κ3) is 5.73. The molecule has 0 aliphatic carbocycles. The minimum Gasteiger partial charge on any atom is -0.395 e. The van der Waals surface area contributed by atoms with Gasteiger partial charge in [0.05, 0.1) is 12.6 Å². The topological polar surface area (TPSA) is 78.6 Å². The van der Waals surface area contributed by atoms with Gasteiger partial charge in [-0.25, -0.2) is 0 Å². The SMILES string of the molecule is CCN(CCO)c1ccc(NC(=O)[C@H](N)CC(C)C)cc1. The maximum absolute atomic E-state index is 11.9. The molecule has 4 N–H and O–H groups in total. The fourth-order valence-corrected chi connectivity index (χ4v) is 2.20. The summed E-state index contributed by atoms with van der Waals surface area (Å²) in [6, 6.07) is 7.10. The van der Waals surface area contributed by atoms with E-state index in [1.807, 2.05) is 45.0 Å². The van der Waals surface area contributed by atoms with Gasteiger partial charge < -0.3 is 21.1 Å². The Kier molecular flexibility index (Phi) is 7.19. The summed E-state index contributed by atoms with van der Waals surface area (Å²) in [5.74, 6) is 0.240. The Morgan fingerprint density at radius 1 is 1.33 bits per heavy atom. The highest BCUT2D eigenvalue weighted by atomic mass is 16.3. The average Bonchev–Trinajstić information content (AvgIpc) is 2.45. The van der Waals surface area contributed by atoms with Crippen LogP contribution in [0.4, 0.5) is 11.4 Å². The molecule has 1 aromatic rings. The summed E-state index contributed by atoms with van der Waals surface area (Å²) >= 11 is 0. The van der Waals surface area contributed by atoms with Gasteiger partial charge in [0.25, 0.3) is 0 Å². The largest absolute Gasteiger partial charge is 0.395 e. The summed E-state index contributed by atoms with van der Waals surface area (Å²) in [5, 5.41) is 11.9. The van der Waals surface area contributed by atoms with Crippen LogP contribution in [0.2, 0.25) is 0 Å². The fourth-order valence-electron chi connectivity index (χ4n) is 2.20. The van der Waals surface area contributed by atoms with Crippen LogP contribution in [-0.2, 0) is 4.79 Å². The monoisotopic (exact) mass is 293 g/mol. The number of hydrogen-bond acceptors (Lipinski definition) is 4. The van der Waals surface area contributed by atoms with Gasteiger partial charge in [0.15, 0.2) is 0 Å². The van der Waals surface area contributed by atoms with E-state index in [4.69, 9.17) is 10.8 Å². The van der Waals surface area contributed by atoms with Gasteiger partial charge in [-0.2, -0.15) is 0 Å². The molecular weight excluding hydrogens is 266 g/mol. The first-order valence-corrected chi connectivity index (χ1v) is 7.50. The van der Waals surface area contributed by atoms with Crippen LogP contribution < -0.4 is 16.0 Å². The van der Waals surface area contributed by atoms with Gasteiger partial charge >= 0.3 is 0 Å². The molecule has 0 aliphatic rings. The zero-order chi connectivity index (χ0) is 15.8. The molecule has 0 saturated carbocycles. The molecule has 21 heavy (non-hydrogen) atoms. The number of rotatable bonds is 8. The standard InChI is InChI=1S/C16H27N3O2/c1-4-19(9-10-20)14-7-5-13(6-8-14)18-16(21)15(17)11-12(2)3/h5-8,12,15,20H,4,9-11,17H2,1-3H3,(H,18,21)/t15-/m1/s1. The van der Waals surface area contributed by atoms with Crippen molar-refractivity contribution in [2.24, 2.45) is 11.7 Å². The van der Waals surface area contributed by atoms with Gasteiger partial charge in [-0.05, 0) is 43.5 Å². The normalized spacial score (nSPS) is 12.3. The summed E-state index contributed by atoms with van der Waals surface area (Å²) in [6.45, 7) is 7.67. The van der Waals surface area contributed by atoms with E-state index < -0.39 is 6.04 Å². The number of amides is 1. The van der Waals surface area contributed by atoms with E-state index in [9.17, 15) is 4.79 Å². The van der Waals surface area contributed by atoms with Crippen molar-refractivity contribution in [2.45, 2.75) is 33.2 Å². The Morgan fingerprint density at radius 2 is 1.95 bits per heavy atom. The number of aliphatic hydroxyl groups is 1. The molecule has 118 valence electrons. The molecule has 0 aliphatic heterocycles. The Labute approximate surface area is 127 Å². The smallest absolute Gasteiger partial charge is 0.241 e. The summed E-state index contributed by atoms with van der Waals surface area (Å²) in [5.41, 5.74) is 7.62. The number of aliphatic hydroxyl groups excluding tert-OH is 1. The second kappa shape index (κ2) is 8.64. The van der Waals surface area contributed by atoms with Crippen molar-refractivity contribution in [3.63, 3.8) is 0 Å². The zero-order valence-corrected chi connectivity index (χ0v) is 13.2. The maximum Gasteiger partial charge on any atom is 0.241 e. The number of carbonyl (C=O) groups is 1. The Bertz CT molecular complexity index is 432. The van der Waals surface area contributed by atoms with Crippen molar-refractivity contribution < 1.29 is 9.90 Å². The lowest BCUT2D eigenvalue weighted by Crippen LogP contribution is -2.36. The molecular formula is C16H27N3O2. The van der Waals surface area contributed by atoms with Crippen molar-refractivity contribution in [3.05, 3.63) is 24.3 Å². The Balaban J connectivity index is 2.63. The van der Waals surface area contributed by atoms with Crippen LogP contribution in [0.25, 0.3) is 0 Å². The highest BCUT2D eigenvalue weighted by molar-refractivity contribution is 5.94. The molecule has 0 fully saturated rings. The third-order valence-electron chi connectivity index (χ3n) is 3.31. The molecule has 0 saturated heterocycles. The summed E-state index contributed by atoms with van der Waals surface area (Å²) in [4.78, 5) is 14.0. The third-order valence-corrected chi connectivity index (χ3v) is 3.31. The summed E-state index contributed by atoms with van der Waals surface area (Å²) < 4.78 is 0. The lowest BCUT2D eigenvalue weighted by Gasteiger charge is -2.22. The van der Waals surface area contributed by atoms with Gasteiger partial charge in [0.1, 0.15) is 0 Å². The molecule has 0 radical (unpaired) electrons. The second-order valence-electron chi connectivity index (χ2n) is 5.58. The number of carbonyl (C=O) groups excluding carboxylic acids is 1. The van der Waals surface area contributed by atoms with Gasteiger partial charge in [-0.15, -0.1) is 0 Å². The van der Waals surface area contributed by atoms with Gasteiger partial charge in [-0.3, -0.25) is 4.79 Å². The summed E-state index contributed by atoms with van der Waals surface area (Å²) in [7, 11) is 0. The van der Waals surface area contributed by atoms with E-state index >= 15 is 0 Å². The molecule has 5 heteroatoms. The molecule has 0 heterocycles. The number of hydrogen-bond donors (Lipinski definition) is 3. The molecule has 1 atom stereocenters. The quantitative estimate of drug-likeness (QED) is 0.683. The van der Waals surface area contributed by atoms with Crippen LogP contribution in [0.3, 0.4) is 0 Å². The second-order valence-corrected chi connectivity index (χ2v) is 5.58. The lowest BCUT2D eigenvalue weighted by molar-refractivity contribution is -0.117. The van der Waals surface area contributed by atoms with Crippen molar-refractivity contribution in [2.75, 3.05) is 29.9 Å². The van der Waals surface area contributed by atoms with Gasteiger partial charge in [0.2, 0.25) is 5.91 Å². The van der Waals surface area contributed by atoms with Gasteiger partial charge in [0, 0.05) is 24.5 Å². The minimum absolute atomic E-state index is 0.121. The van der Waals surface area contributed by atoms with E-state index in [-0.39, 0.29) is 12.5 Å².